The maximum Gasteiger partial charge on any atom is 0.317 e. The summed E-state index contributed by atoms with van der Waals surface area (Å²) in [7, 11) is 0. The van der Waals surface area contributed by atoms with Crippen molar-refractivity contribution in [2.75, 3.05) is 19.6 Å². The van der Waals surface area contributed by atoms with Gasteiger partial charge >= 0.3 is 6.03 Å². The molecule has 0 saturated carbocycles. The molecular weight excluding hydrogens is 382 g/mol. The van der Waals surface area contributed by atoms with E-state index in [0.29, 0.717) is 25.5 Å². The first-order chi connectivity index (χ1) is 12.2. The van der Waals surface area contributed by atoms with Crippen molar-refractivity contribution in [2.24, 2.45) is 0 Å². The van der Waals surface area contributed by atoms with Gasteiger partial charge in [0.15, 0.2) is 0 Å². The molecule has 2 amide bonds. The number of amides is 2. The summed E-state index contributed by atoms with van der Waals surface area (Å²) in [5.74, 6) is 0.596. The maximum atomic E-state index is 12.2. The molecule has 0 radical (unpaired) electrons. The lowest BCUT2D eigenvalue weighted by Crippen LogP contribution is -2.39. The lowest BCUT2D eigenvalue weighted by atomic mass is 10.1. The number of ether oxygens (including phenoxy) is 1. The molecule has 0 spiro atoms. The Labute approximate surface area is 156 Å². The minimum Gasteiger partial charge on any atom is -0.472 e. The summed E-state index contributed by atoms with van der Waals surface area (Å²) in [6, 6.07) is 14.0. The number of nitrogens with one attached hydrogen (secondary N) is 1. The molecule has 1 aromatic heterocycles. The molecule has 2 heterocycles. The minimum atomic E-state index is -0.0112. The lowest BCUT2D eigenvalue weighted by Gasteiger charge is -2.17. The number of carbonyl (C=O) groups is 1. The van der Waals surface area contributed by atoms with E-state index in [9.17, 15) is 4.79 Å². The van der Waals surface area contributed by atoms with E-state index in [0.717, 1.165) is 23.7 Å². The Morgan fingerprint density at radius 2 is 2.12 bits per heavy atom. The van der Waals surface area contributed by atoms with E-state index >= 15 is 0 Å². The molecule has 1 aromatic carbocycles. The van der Waals surface area contributed by atoms with Crippen LogP contribution in [0.1, 0.15) is 18.4 Å². The van der Waals surface area contributed by atoms with Gasteiger partial charge in [0, 0.05) is 36.2 Å². The van der Waals surface area contributed by atoms with Crippen LogP contribution in [-0.4, -0.2) is 41.7 Å². The number of pyridine rings is 1. The number of aryl methyl sites for hydroxylation is 1. The Kier molecular flexibility index (Phi) is 6.28. The summed E-state index contributed by atoms with van der Waals surface area (Å²) in [6.07, 6.45) is 4.45. The second-order valence-electron chi connectivity index (χ2n) is 6.11. The molecular formula is C19H22BrN3O2. The number of hydrogen-bond donors (Lipinski definition) is 1. The van der Waals surface area contributed by atoms with Crippen molar-refractivity contribution in [3.05, 3.63) is 58.7 Å². The van der Waals surface area contributed by atoms with Crippen LogP contribution in [0.2, 0.25) is 0 Å². The van der Waals surface area contributed by atoms with Crippen LogP contribution in [0.25, 0.3) is 0 Å². The van der Waals surface area contributed by atoms with Gasteiger partial charge in [-0.25, -0.2) is 9.78 Å². The average Bonchev–Trinajstić information content (AvgIpc) is 3.10. The molecule has 1 atom stereocenters. The van der Waals surface area contributed by atoms with Crippen LogP contribution in [0.3, 0.4) is 0 Å². The van der Waals surface area contributed by atoms with Gasteiger partial charge in [0.05, 0.1) is 6.54 Å². The van der Waals surface area contributed by atoms with E-state index < -0.39 is 0 Å². The van der Waals surface area contributed by atoms with Gasteiger partial charge in [0.2, 0.25) is 5.88 Å². The predicted octanol–water partition coefficient (Wildman–Crippen LogP) is 3.64. The van der Waals surface area contributed by atoms with E-state index in [-0.39, 0.29) is 12.1 Å². The van der Waals surface area contributed by atoms with E-state index in [4.69, 9.17) is 4.74 Å². The molecule has 3 rings (SSSR count). The number of urea groups is 1. The highest BCUT2D eigenvalue weighted by Gasteiger charge is 2.27. The third-order valence-corrected chi connectivity index (χ3v) is 4.65. The van der Waals surface area contributed by atoms with Crippen molar-refractivity contribution in [3.63, 3.8) is 0 Å². The van der Waals surface area contributed by atoms with E-state index in [2.05, 4.69) is 38.4 Å². The van der Waals surface area contributed by atoms with Crippen LogP contribution in [0.5, 0.6) is 5.88 Å². The second kappa shape index (κ2) is 8.85. The van der Waals surface area contributed by atoms with Gasteiger partial charge in [0.1, 0.15) is 6.10 Å². The highest BCUT2D eigenvalue weighted by molar-refractivity contribution is 9.10. The van der Waals surface area contributed by atoms with E-state index in [1.165, 1.54) is 5.56 Å². The third kappa shape index (κ3) is 5.46. The van der Waals surface area contributed by atoms with Crippen LogP contribution in [0.15, 0.2) is 53.1 Å². The largest absolute Gasteiger partial charge is 0.472 e. The minimum absolute atomic E-state index is 0.00347. The topological polar surface area (TPSA) is 54.5 Å². The number of hydrogen-bond acceptors (Lipinski definition) is 3. The number of aromatic nitrogens is 1. The van der Waals surface area contributed by atoms with Crippen molar-refractivity contribution in [1.82, 2.24) is 15.2 Å². The average molecular weight is 404 g/mol. The zero-order chi connectivity index (χ0) is 17.5. The zero-order valence-corrected chi connectivity index (χ0v) is 15.6. The highest BCUT2D eigenvalue weighted by Crippen LogP contribution is 2.18. The van der Waals surface area contributed by atoms with E-state index in [1.807, 2.05) is 35.2 Å². The molecule has 1 fully saturated rings. The normalized spacial score (nSPS) is 16.7. The van der Waals surface area contributed by atoms with Gasteiger partial charge in [-0.1, -0.05) is 30.3 Å². The predicted molar refractivity (Wildman–Crippen MR) is 101 cm³/mol. The Morgan fingerprint density at radius 3 is 2.88 bits per heavy atom. The Bertz CT molecular complexity index is 679. The molecule has 1 saturated heterocycles. The van der Waals surface area contributed by atoms with Gasteiger partial charge in [-0.2, -0.15) is 0 Å². The van der Waals surface area contributed by atoms with Crippen LogP contribution < -0.4 is 10.1 Å². The third-order valence-electron chi connectivity index (χ3n) is 4.18. The maximum absolute atomic E-state index is 12.2. The summed E-state index contributed by atoms with van der Waals surface area (Å²) in [6.45, 7) is 2.00. The fourth-order valence-corrected chi connectivity index (χ4v) is 3.09. The van der Waals surface area contributed by atoms with Crippen molar-refractivity contribution in [2.45, 2.75) is 25.4 Å². The fourth-order valence-electron chi connectivity index (χ4n) is 2.86. The molecule has 0 bridgehead atoms. The van der Waals surface area contributed by atoms with Crippen LogP contribution >= 0.6 is 15.9 Å². The Morgan fingerprint density at radius 1 is 1.28 bits per heavy atom. The van der Waals surface area contributed by atoms with Gasteiger partial charge in [-0.3, -0.25) is 0 Å². The summed E-state index contributed by atoms with van der Waals surface area (Å²) < 4.78 is 6.76. The fraction of sp³-hybridized carbons (Fsp3) is 0.368. The summed E-state index contributed by atoms with van der Waals surface area (Å²) in [5, 5.41) is 3.00. The Hall–Kier alpha value is -2.08. The van der Waals surface area contributed by atoms with Crippen LogP contribution in [-0.2, 0) is 6.42 Å². The number of carbonyl (C=O) groups excluding carboxylic acids is 1. The van der Waals surface area contributed by atoms with Gasteiger partial charge in [-0.05, 0) is 40.4 Å². The first-order valence-electron chi connectivity index (χ1n) is 8.55. The quantitative estimate of drug-likeness (QED) is 0.748. The number of halogens is 1. The second-order valence-corrected chi connectivity index (χ2v) is 7.03. The van der Waals surface area contributed by atoms with Crippen molar-refractivity contribution >= 4 is 22.0 Å². The lowest BCUT2D eigenvalue weighted by molar-refractivity contribution is 0.183. The molecule has 1 aliphatic rings. The first kappa shape index (κ1) is 17.7. The molecule has 6 heteroatoms. The molecule has 1 aliphatic heterocycles. The van der Waals surface area contributed by atoms with Crippen molar-refractivity contribution in [3.8, 4) is 5.88 Å². The summed E-state index contributed by atoms with van der Waals surface area (Å²) >= 11 is 3.35. The van der Waals surface area contributed by atoms with Crippen LogP contribution in [0, 0.1) is 0 Å². The molecule has 0 aliphatic carbocycles. The highest BCUT2D eigenvalue weighted by atomic mass is 79.9. The molecule has 5 nitrogen and oxygen atoms in total. The Balaban J connectivity index is 1.36. The standard InChI is InChI=1S/C19H22BrN3O2/c20-16-8-9-18(22-13-16)25-17-10-12-23(14-17)19(24)21-11-4-7-15-5-2-1-3-6-15/h1-3,5-6,8-9,13,17H,4,7,10-12,14H2,(H,21,24). The number of likely N-dealkylation sites (tertiary alicyclic amines) is 1. The van der Waals surface area contributed by atoms with Crippen LogP contribution in [0.4, 0.5) is 4.79 Å². The number of benzene rings is 1. The van der Waals surface area contributed by atoms with Gasteiger partial charge in [-0.15, -0.1) is 0 Å². The molecule has 1 N–H and O–H groups in total. The smallest absolute Gasteiger partial charge is 0.317 e. The first-order valence-corrected chi connectivity index (χ1v) is 9.35. The van der Waals surface area contributed by atoms with Crippen molar-refractivity contribution < 1.29 is 9.53 Å². The molecule has 2 aromatic rings. The monoisotopic (exact) mass is 403 g/mol. The number of rotatable bonds is 6. The SMILES string of the molecule is O=C(NCCCc1ccccc1)N1CCC(Oc2ccc(Br)cn2)C1. The summed E-state index contributed by atoms with van der Waals surface area (Å²) in [5.41, 5.74) is 1.30. The zero-order valence-electron chi connectivity index (χ0n) is 14.0. The summed E-state index contributed by atoms with van der Waals surface area (Å²) in [4.78, 5) is 18.3. The van der Waals surface area contributed by atoms with E-state index in [1.54, 1.807) is 6.20 Å². The van der Waals surface area contributed by atoms with Crippen molar-refractivity contribution in [1.29, 1.82) is 0 Å². The van der Waals surface area contributed by atoms with Gasteiger partial charge in [0.25, 0.3) is 0 Å². The molecule has 1 unspecified atom stereocenters. The number of nitrogens with zero attached hydrogens (tertiary/aromatic N) is 2. The van der Waals surface area contributed by atoms with Gasteiger partial charge < -0.3 is 15.0 Å². The molecule has 25 heavy (non-hydrogen) atoms. The molecule has 132 valence electrons.